The van der Waals surface area contributed by atoms with Crippen LogP contribution in [0.4, 0.5) is 4.79 Å². The van der Waals surface area contributed by atoms with Crippen LogP contribution in [0.25, 0.3) is 0 Å². The van der Waals surface area contributed by atoms with Crippen LogP contribution < -0.4 is 5.32 Å². The number of carboxylic acid groups (broad SMARTS) is 1. The molecule has 0 aromatic rings. The van der Waals surface area contributed by atoms with E-state index >= 15 is 0 Å². The summed E-state index contributed by atoms with van der Waals surface area (Å²) in [6, 6.07) is -0.258. The molecule has 2 N–H and O–H groups in total. The molecule has 0 aromatic carbocycles. The minimum Gasteiger partial charge on any atom is -0.481 e. The summed E-state index contributed by atoms with van der Waals surface area (Å²) in [4.78, 5) is 24.5. The summed E-state index contributed by atoms with van der Waals surface area (Å²) in [7, 11) is -0.821. The minimum atomic E-state index is -0.881. The van der Waals surface area contributed by atoms with E-state index in [1.807, 2.05) is 13.8 Å². The predicted octanol–water partition coefficient (Wildman–Crippen LogP) is 0.507. The van der Waals surface area contributed by atoms with Gasteiger partial charge < -0.3 is 15.3 Å². The van der Waals surface area contributed by atoms with Crippen LogP contribution in [-0.4, -0.2) is 57.4 Å². The highest BCUT2D eigenvalue weighted by molar-refractivity contribution is 7.85. The highest BCUT2D eigenvalue weighted by Crippen LogP contribution is 2.11. The van der Waals surface area contributed by atoms with E-state index < -0.39 is 22.7 Å². The van der Waals surface area contributed by atoms with Gasteiger partial charge in [-0.25, -0.2) is 4.79 Å². The molecule has 1 rings (SSSR count). The summed E-state index contributed by atoms with van der Waals surface area (Å²) >= 11 is 0. The summed E-state index contributed by atoms with van der Waals surface area (Å²) in [6.07, 6.45) is 0.541. The van der Waals surface area contributed by atoms with Crippen LogP contribution in [0.15, 0.2) is 0 Å². The van der Waals surface area contributed by atoms with Crippen LogP contribution in [0.3, 0.4) is 0 Å². The number of carboxylic acids is 1. The van der Waals surface area contributed by atoms with E-state index in [2.05, 4.69) is 5.32 Å². The van der Waals surface area contributed by atoms with Gasteiger partial charge >= 0.3 is 12.0 Å². The quantitative estimate of drug-likeness (QED) is 0.772. The Morgan fingerprint density at radius 1 is 1.32 bits per heavy atom. The van der Waals surface area contributed by atoms with Gasteiger partial charge in [0.2, 0.25) is 0 Å². The van der Waals surface area contributed by atoms with Crippen molar-refractivity contribution < 1.29 is 18.9 Å². The molecule has 0 bridgehead atoms. The van der Waals surface area contributed by atoms with Gasteiger partial charge in [0.05, 0.1) is 5.92 Å². The molecule has 1 aliphatic rings. The minimum absolute atomic E-state index is 0.145. The van der Waals surface area contributed by atoms with Crippen molar-refractivity contribution in [1.82, 2.24) is 10.2 Å². The fourth-order valence-electron chi connectivity index (χ4n) is 2.00. The second kappa shape index (κ2) is 7.47. The molecule has 0 aromatic heterocycles. The van der Waals surface area contributed by atoms with Crippen molar-refractivity contribution >= 4 is 22.8 Å². The van der Waals surface area contributed by atoms with E-state index in [-0.39, 0.29) is 18.5 Å². The number of rotatable bonds is 5. The number of nitrogens with zero attached hydrogens (tertiary/aromatic N) is 1. The number of hydrogen-bond donors (Lipinski definition) is 2. The number of hydrogen-bond acceptors (Lipinski definition) is 3. The molecule has 1 unspecified atom stereocenters. The van der Waals surface area contributed by atoms with E-state index in [0.29, 0.717) is 31.0 Å². The molecular formula is C12H22N2O4S. The number of amides is 2. The number of carbonyl (C=O) groups is 2. The van der Waals surface area contributed by atoms with Crippen molar-refractivity contribution in [3.63, 3.8) is 0 Å². The van der Waals surface area contributed by atoms with Crippen molar-refractivity contribution in [1.29, 1.82) is 0 Å². The molecule has 1 fully saturated rings. The van der Waals surface area contributed by atoms with Crippen molar-refractivity contribution in [3.8, 4) is 0 Å². The molecule has 1 atom stereocenters. The van der Waals surface area contributed by atoms with Gasteiger partial charge in [-0.05, 0) is 12.3 Å². The highest BCUT2D eigenvalue weighted by Gasteiger charge is 2.23. The van der Waals surface area contributed by atoms with Gasteiger partial charge in [-0.3, -0.25) is 9.00 Å². The Labute approximate surface area is 116 Å². The first kappa shape index (κ1) is 15.9. The smallest absolute Gasteiger partial charge is 0.317 e. The van der Waals surface area contributed by atoms with Gasteiger partial charge in [0.1, 0.15) is 0 Å². The van der Waals surface area contributed by atoms with Gasteiger partial charge in [0.15, 0.2) is 0 Å². The number of aliphatic carboxylic acids is 1. The van der Waals surface area contributed by atoms with Gasteiger partial charge in [-0.2, -0.15) is 0 Å². The number of urea groups is 1. The summed E-state index contributed by atoms with van der Waals surface area (Å²) in [6.45, 7) is 5.00. The lowest BCUT2D eigenvalue weighted by Crippen LogP contribution is -2.48. The van der Waals surface area contributed by atoms with Gasteiger partial charge in [-0.1, -0.05) is 13.8 Å². The molecule has 0 radical (unpaired) electrons. The molecule has 2 amide bonds. The van der Waals surface area contributed by atoms with Crippen LogP contribution in [0.2, 0.25) is 0 Å². The average molecular weight is 290 g/mol. The molecular weight excluding hydrogens is 268 g/mol. The maximum Gasteiger partial charge on any atom is 0.317 e. The number of carbonyl (C=O) groups excluding carboxylic acids is 1. The van der Waals surface area contributed by atoms with Gasteiger partial charge in [0.25, 0.3) is 0 Å². The molecule has 0 aliphatic carbocycles. The van der Waals surface area contributed by atoms with E-state index in [0.717, 1.165) is 0 Å². The zero-order chi connectivity index (χ0) is 14.4. The van der Waals surface area contributed by atoms with Crippen LogP contribution >= 0.6 is 0 Å². The van der Waals surface area contributed by atoms with Crippen LogP contribution in [0, 0.1) is 11.8 Å². The average Bonchev–Trinajstić information content (AvgIpc) is 2.34. The molecule has 19 heavy (non-hydrogen) atoms. The zero-order valence-electron chi connectivity index (χ0n) is 11.4. The second-order valence-electron chi connectivity index (χ2n) is 5.19. The van der Waals surface area contributed by atoms with E-state index in [4.69, 9.17) is 5.11 Å². The Hall–Kier alpha value is -1.11. The van der Waals surface area contributed by atoms with Crippen molar-refractivity contribution in [2.75, 3.05) is 31.1 Å². The zero-order valence-corrected chi connectivity index (χ0v) is 12.2. The SMILES string of the molecule is CC(C)CC(CNC(=O)N1CCS(=O)CC1)C(=O)O. The van der Waals surface area contributed by atoms with Crippen molar-refractivity contribution in [3.05, 3.63) is 0 Å². The largest absolute Gasteiger partial charge is 0.481 e. The van der Waals surface area contributed by atoms with E-state index in [9.17, 15) is 13.8 Å². The van der Waals surface area contributed by atoms with Crippen LogP contribution in [-0.2, 0) is 15.6 Å². The first-order valence-corrected chi connectivity index (χ1v) is 7.99. The molecule has 0 saturated carbocycles. The third kappa shape index (κ3) is 5.59. The van der Waals surface area contributed by atoms with Crippen LogP contribution in [0.5, 0.6) is 0 Å². The predicted molar refractivity (Wildman–Crippen MR) is 73.4 cm³/mol. The Bertz CT molecular complexity index is 350. The third-order valence-corrected chi connectivity index (χ3v) is 4.35. The standard InChI is InChI=1S/C12H22N2O4S/c1-9(2)7-10(11(15)16)8-13-12(17)14-3-5-19(18)6-4-14/h9-10H,3-8H2,1-2H3,(H,13,17)(H,15,16). The topological polar surface area (TPSA) is 86.7 Å². The first-order chi connectivity index (χ1) is 8.90. The van der Waals surface area contributed by atoms with Gasteiger partial charge in [0, 0.05) is 41.9 Å². The van der Waals surface area contributed by atoms with E-state index in [1.165, 1.54) is 0 Å². The normalized spacial score (nSPS) is 18.4. The Balaban J connectivity index is 2.39. The molecule has 1 heterocycles. The lowest BCUT2D eigenvalue weighted by molar-refractivity contribution is -0.142. The molecule has 1 aliphatic heterocycles. The summed E-state index contributed by atoms with van der Waals surface area (Å²) in [5.74, 6) is -0.157. The molecule has 6 nitrogen and oxygen atoms in total. The van der Waals surface area contributed by atoms with Gasteiger partial charge in [-0.15, -0.1) is 0 Å². The fraction of sp³-hybridized carbons (Fsp3) is 0.833. The number of nitrogens with one attached hydrogen (secondary N) is 1. The first-order valence-electron chi connectivity index (χ1n) is 6.50. The highest BCUT2D eigenvalue weighted by atomic mass is 32.2. The molecule has 1 saturated heterocycles. The monoisotopic (exact) mass is 290 g/mol. The maximum absolute atomic E-state index is 11.8. The maximum atomic E-state index is 11.8. The molecule has 110 valence electrons. The van der Waals surface area contributed by atoms with E-state index in [1.54, 1.807) is 4.90 Å². The third-order valence-electron chi connectivity index (χ3n) is 3.07. The summed E-state index contributed by atoms with van der Waals surface area (Å²) < 4.78 is 11.2. The fourth-order valence-corrected chi connectivity index (χ4v) is 3.06. The molecule has 7 heteroatoms. The second-order valence-corrected chi connectivity index (χ2v) is 6.88. The summed E-state index contributed by atoms with van der Waals surface area (Å²) in [5, 5.41) is 11.7. The Morgan fingerprint density at radius 3 is 2.37 bits per heavy atom. The Kier molecular flexibility index (Phi) is 6.27. The van der Waals surface area contributed by atoms with Crippen molar-refractivity contribution in [2.45, 2.75) is 20.3 Å². The summed E-state index contributed by atoms with van der Waals surface area (Å²) in [5.41, 5.74) is 0. The van der Waals surface area contributed by atoms with Crippen molar-refractivity contribution in [2.24, 2.45) is 11.8 Å². The van der Waals surface area contributed by atoms with Crippen LogP contribution in [0.1, 0.15) is 20.3 Å². The molecule has 0 spiro atoms. The Morgan fingerprint density at radius 2 is 1.89 bits per heavy atom. The lowest BCUT2D eigenvalue weighted by atomic mass is 9.97. The lowest BCUT2D eigenvalue weighted by Gasteiger charge is -2.27.